The van der Waals surface area contributed by atoms with Crippen molar-refractivity contribution >= 4 is 10.2 Å². The summed E-state index contributed by atoms with van der Waals surface area (Å²) in [6, 6.07) is 0.140. The summed E-state index contributed by atoms with van der Waals surface area (Å²) in [5, 5.41) is 3.31. The van der Waals surface area contributed by atoms with Gasteiger partial charge in [0.2, 0.25) is 0 Å². The van der Waals surface area contributed by atoms with Gasteiger partial charge in [-0.25, -0.2) is 4.72 Å². The smallest absolute Gasteiger partial charge is 0.279 e. The van der Waals surface area contributed by atoms with Crippen LogP contribution < -0.4 is 10.0 Å². The molecule has 0 aromatic carbocycles. The van der Waals surface area contributed by atoms with Crippen LogP contribution in [-0.2, 0) is 10.2 Å². The van der Waals surface area contributed by atoms with Crippen LogP contribution in [0.5, 0.6) is 0 Å². The molecule has 5 nitrogen and oxygen atoms in total. The molecule has 2 rings (SSSR count). The molecule has 0 aromatic rings. The van der Waals surface area contributed by atoms with Gasteiger partial charge in [-0.1, -0.05) is 6.42 Å². The van der Waals surface area contributed by atoms with E-state index < -0.39 is 10.2 Å². The molecular weight excluding hydrogens is 250 g/mol. The van der Waals surface area contributed by atoms with E-state index in [2.05, 4.69) is 10.0 Å². The first-order chi connectivity index (χ1) is 8.59. The second-order valence-electron chi connectivity index (χ2n) is 5.52. The molecule has 6 heteroatoms. The van der Waals surface area contributed by atoms with E-state index in [1.165, 1.54) is 0 Å². The molecule has 0 spiro atoms. The summed E-state index contributed by atoms with van der Waals surface area (Å²) in [7, 11) is -3.28. The molecule has 0 radical (unpaired) electrons. The summed E-state index contributed by atoms with van der Waals surface area (Å²) in [4.78, 5) is 0. The van der Waals surface area contributed by atoms with Crippen LogP contribution in [0.3, 0.4) is 0 Å². The Kier molecular flexibility index (Phi) is 5.00. The fourth-order valence-corrected chi connectivity index (χ4v) is 4.39. The maximum absolute atomic E-state index is 12.2. The van der Waals surface area contributed by atoms with Crippen LogP contribution in [-0.4, -0.2) is 44.9 Å². The Hall–Kier alpha value is -0.170. The number of rotatable bonds is 4. The highest BCUT2D eigenvalue weighted by molar-refractivity contribution is 7.87. The van der Waals surface area contributed by atoms with E-state index in [0.29, 0.717) is 19.0 Å². The van der Waals surface area contributed by atoms with Gasteiger partial charge in [-0.2, -0.15) is 12.7 Å². The SMILES string of the molecule is CC1CCCCN1S(=O)(=O)NCC1CCCNC1. The lowest BCUT2D eigenvalue weighted by Gasteiger charge is -2.33. The van der Waals surface area contributed by atoms with Gasteiger partial charge in [0.05, 0.1) is 0 Å². The molecule has 106 valence electrons. The van der Waals surface area contributed by atoms with Gasteiger partial charge in [-0.15, -0.1) is 0 Å². The van der Waals surface area contributed by atoms with Crippen molar-refractivity contribution in [1.29, 1.82) is 0 Å². The lowest BCUT2D eigenvalue weighted by molar-refractivity contribution is 0.263. The van der Waals surface area contributed by atoms with Gasteiger partial charge >= 0.3 is 0 Å². The summed E-state index contributed by atoms with van der Waals surface area (Å²) in [6.07, 6.45) is 5.36. The second-order valence-corrected chi connectivity index (χ2v) is 7.23. The molecule has 0 amide bonds. The molecule has 0 aliphatic carbocycles. The van der Waals surface area contributed by atoms with Crippen molar-refractivity contribution < 1.29 is 8.42 Å². The predicted molar refractivity (Wildman–Crippen MR) is 72.5 cm³/mol. The van der Waals surface area contributed by atoms with Crippen molar-refractivity contribution in [3.05, 3.63) is 0 Å². The van der Waals surface area contributed by atoms with E-state index in [4.69, 9.17) is 0 Å². The molecule has 2 atom stereocenters. The van der Waals surface area contributed by atoms with Gasteiger partial charge < -0.3 is 5.32 Å². The standard InChI is InChI=1S/C12H25N3O2S/c1-11-5-2-3-8-15(11)18(16,17)14-10-12-6-4-7-13-9-12/h11-14H,2-10H2,1H3. The molecule has 2 fully saturated rings. The zero-order valence-electron chi connectivity index (χ0n) is 11.2. The van der Waals surface area contributed by atoms with Crippen LogP contribution in [0, 0.1) is 5.92 Å². The van der Waals surface area contributed by atoms with E-state index in [-0.39, 0.29) is 6.04 Å². The van der Waals surface area contributed by atoms with Gasteiger partial charge in [0.25, 0.3) is 10.2 Å². The Morgan fingerprint density at radius 1 is 1.28 bits per heavy atom. The van der Waals surface area contributed by atoms with E-state index in [9.17, 15) is 8.42 Å². The van der Waals surface area contributed by atoms with Crippen molar-refractivity contribution in [1.82, 2.24) is 14.3 Å². The van der Waals surface area contributed by atoms with Crippen molar-refractivity contribution in [2.45, 2.75) is 45.1 Å². The molecule has 2 saturated heterocycles. The minimum Gasteiger partial charge on any atom is -0.316 e. The molecule has 0 bridgehead atoms. The Bertz CT molecular complexity index is 352. The molecule has 2 unspecified atom stereocenters. The van der Waals surface area contributed by atoms with E-state index in [1.54, 1.807) is 4.31 Å². The van der Waals surface area contributed by atoms with E-state index >= 15 is 0 Å². The number of nitrogens with zero attached hydrogens (tertiary/aromatic N) is 1. The topological polar surface area (TPSA) is 61.4 Å². The van der Waals surface area contributed by atoms with Crippen molar-refractivity contribution in [2.75, 3.05) is 26.2 Å². The summed E-state index contributed by atoms with van der Waals surface area (Å²) in [5.41, 5.74) is 0. The average Bonchev–Trinajstić information content (AvgIpc) is 2.38. The summed E-state index contributed by atoms with van der Waals surface area (Å²) >= 11 is 0. The van der Waals surface area contributed by atoms with Crippen LogP contribution in [0.4, 0.5) is 0 Å². The number of piperidine rings is 2. The number of nitrogens with one attached hydrogen (secondary N) is 2. The third kappa shape index (κ3) is 3.66. The highest BCUT2D eigenvalue weighted by Crippen LogP contribution is 2.19. The molecule has 2 aliphatic heterocycles. The van der Waals surface area contributed by atoms with Gasteiger partial charge in [-0.05, 0) is 51.6 Å². The van der Waals surface area contributed by atoms with Gasteiger partial charge in [0, 0.05) is 19.1 Å². The van der Waals surface area contributed by atoms with E-state index in [1.807, 2.05) is 6.92 Å². The zero-order chi connectivity index (χ0) is 13.0. The Labute approximate surface area is 110 Å². The quantitative estimate of drug-likeness (QED) is 0.794. The molecule has 2 aliphatic rings. The predicted octanol–water partition coefficient (Wildman–Crippen LogP) is 0.695. The van der Waals surface area contributed by atoms with Gasteiger partial charge in [-0.3, -0.25) is 0 Å². The van der Waals surface area contributed by atoms with Crippen LogP contribution in [0.1, 0.15) is 39.0 Å². The average molecular weight is 275 g/mol. The third-order valence-electron chi connectivity index (χ3n) is 4.00. The first-order valence-corrected chi connectivity index (χ1v) is 8.51. The molecular formula is C12H25N3O2S. The molecule has 2 heterocycles. The zero-order valence-corrected chi connectivity index (χ0v) is 12.0. The summed E-state index contributed by atoms with van der Waals surface area (Å²) in [5.74, 6) is 0.439. The number of hydrogen-bond donors (Lipinski definition) is 2. The van der Waals surface area contributed by atoms with Crippen molar-refractivity contribution in [3.63, 3.8) is 0 Å². The van der Waals surface area contributed by atoms with Crippen molar-refractivity contribution in [3.8, 4) is 0 Å². The highest BCUT2D eigenvalue weighted by Gasteiger charge is 2.29. The van der Waals surface area contributed by atoms with Gasteiger partial charge in [0.15, 0.2) is 0 Å². The van der Waals surface area contributed by atoms with Crippen molar-refractivity contribution in [2.24, 2.45) is 5.92 Å². The first kappa shape index (κ1) is 14.2. The maximum Gasteiger partial charge on any atom is 0.279 e. The number of hydrogen-bond acceptors (Lipinski definition) is 3. The van der Waals surface area contributed by atoms with Crippen LogP contribution in [0.2, 0.25) is 0 Å². The Morgan fingerprint density at radius 2 is 2.11 bits per heavy atom. The Balaban J connectivity index is 1.85. The fraction of sp³-hybridized carbons (Fsp3) is 1.00. The van der Waals surface area contributed by atoms with Crippen LogP contribution in [0.15, 0.2) is 0 Å². The summed E-state index contributed by atoms with van der Waals surface area (Å²) in [6.45, 7) is 5.23. The monoisotopic (exact) mass is 275 g/mol. The lowest BCUT2D eigenvalue weighted by Crippen LogP contribution is -2.49. The Morgan fingerprint density at radius 3 is 2.78 bits per heavy atom. The largest absolute Gasteiger partial charge is 0.316 e. The lowest BCUT2D eigenvalue weighted by atomic mass is 10.0. The first-order valence-electron chi connectivity index (χ1n) is 7.07. The summed E-state index contributed by atoms with van der Waals surface area (Å²) < 4.78 is 28.9. The fourth-order valence-electron chi connectivity index (χ4n) is 2.83. The normalized spacial score (nSPS) is 31.4. The maximum atomic E-state index is 12.2. The minimum absolute atomic E-state index is 0.140. The highest BCUT2D eigenvalue weighted by atomic mass is 32.2. The third-order valence-corrected chi connectivity index (χ3v) is 5.70. The molecule has 0 aromatic heterocycles. The van der Waals surface area contributed by atoms with Crippen LogP contribution >= 0.6 is 0 Å². The van der Waals surface area contributed by atoms with E-state index in [0.717, 1.165) is 45.2 Å². The molecule has 2 N–H and O–H groups in total. The van der Waals surface area contributed by atoms with Crippen LogP contribution in [0.25, 0.3) is 0 Å². The second kappa shape index (κ2) is 6.32. The molecule has 18 heavy (non-hydrogen) atoms. The minimum atomic E-state index is -3.28. The molecule has 0 saturated carbocycles. The van der Waals surface area contributed by atoms with Gasteiger partial charge in [0.1, 0.15) is 0 Å².